The molecule has 1 aromatic rings. The van der Waals surface area contributed by atoms with Crippen molar-refractivity contribution < 1.29 is 9.53 Å². The SMILES string of the molecule is COc1ccc(C(N)=O)c(N)c1[N+]#N. The lowest BCUT2D eigenvalue weighted by molar-refractivity contribution is 0.100. The number of carbonyl (C=O) groups is 1. The third kappa shape index (κ3) is 1.43. The Labute approximate surface area is 80.1 Å². The van der Waals surface area contributed by atoms with E-state index in [4.69, 9.17) is 21.6 Å². The van der Waals surface area contributed by atoms with Crippen LogP contribution in [0.1, 0.15) is 10.4 Å². The number of nitrogens with zero attached hydrogens (tertiary/aromatic N) is 2. The maximum absolute atomic E-state index is 10.9. The first-order valence-corrected chi connectivity index (χ1v) is 3.73. The van der Waals surface area contributed by atoms with Crippen molar-refractivity contribution in [3.05, 3.63) is 22.7 Å². The largest absolute Gasteiger partial charge is 0.489 e. The van der Waals surface area contributed by atoms with Gasteiger partial charge < -0.3 is 16.2 Å². The van der Waals surface area contributed by atoms with Crippen LogP contribution in [0.3, 0.4) is 0 Å². The predicted molar refractivity (Wildman–Crippen MR) is 50.7 cm³/mol. The van der Waals surface area contributed by atoms with Gasteiger partial charge in [-0.2, -0.15) is 0 Å². The quantitative estimate of drug-likeness (QED) is 0.536. The van der Waals surface area contributed by atoms with Gasteiger partial charge in [0.25, 0.3) is 5.91 Å². The summed E-state index contributed by atoms with van der Waals surface area (Å²) in [6, 6.07) is 2.86. The minimum Gasteiger partial charge on any atom is -0.489 e. The number of anilines is 1. The summed E-state index contributed by atoms with van der Waals surface area (Å²) in [5, 5.41) is 8.65. The number of primary amides is 1. The van der Waals surface area contributed by atoms with Crippen LogP contribution in [-0.2, 0) is 0 Å². The van der Waals surface area contributed by atoms with Crippen LogP contribution in [-0.4, -0.2) is 13.0 Å². The van der Waals surface area contributed by atoms with Crippen LogP contribution >= 0.6 is 0 Å². The van der Waals surface area contributed by atoms with Crippen LogP contribution in [0.5, 0.6) is 5.75 Å². The van der Waals surface area contributed by atoms with Crippen LogP contribution in [0.4, 0.5) is 11.4 Å². The summed E-state index contributed by atoms with van der Waals surface area (Å²) < 4.78 is 4.87. The highest BCUT2D eigenvalue weighted by Crippen LogP contribution is 2.35. The Hall–Kier alpha value is -2.29. The second-order valence-electron chi connectivity index (χ2n) is 2.54. The molecule has 14 heavy (non-hydrogen) atoms. The van der Waals surface area contributed by atoms with Gasteiger partial charge in [-0.1, -0.05) is 0 Å². The fourth-order valence-corrected chi connectivity index (χ4v) is 1.07. The molecule has 0 saturated carbocycles. The third-order valence-corrected chi connectivity index (χ3v) is 1.77. The number of hydrogen-bond donors (Lipinski definition) is 2. The van der Waals surface area contributed by atoms with E-state index in [9.17, 15) is 4.79 Å². The van der Waals surface area contributed by atoms with Gasteiger partial charge >= 0.3 is 5.69 Å². The summed E-state index contributed by atoms with van der Waals surface area (Å²) >= 11 is 0. The number of diazo groups is 1. The van der Waals surface area contributed by atoms with E-state index in [0.717, 1.165) is 0 Å². The smallest absolute Gasteiger partial charge is 0.449 e. The fourth-order valence-electron chi connectivity index (χ4n) is 1.07. The lowest BCUT2D eigenvalue weighted by atomic mass is 10.1. The number of ether oxygens (including phenoxy) is 1. The summed E-state index contributed by atoms with van der Waals surface area (Å²) in [6.07, 6.45) is 0. The summed E-state index contributed by atoms with van der Waals surface area (Å²) in [6.45, 7) is 0. The molecule has 0 radical (unpaired) electrons. The molecule has 1 amide bonds. The molecule has 0 aliphatic heterocycles. The van der Waals surface area contributed by atoms with Crippen molar-refractivity contribution in [3.8, 4) is 5.75 Å². The van der Waals surface area contributed by atoms with Crippen LogP contribution < -0.4 is 16.2 Å². The van der Waals surface area contributed by atoms with Gasteiger partial charge in [0.1, 0.15) is 5.69 Å². The number of nitrogens with two attached hydrogens (primary N) is 2. The molecule has 0 unspecified atom stereocenters. The minimum atomic E-state index is -0.685. The van der Waals surface area contributed by atoms with Crippen molar-refractivity contribution in [2.45, 2.75) is 0 Å². The molecule has 0 atom stereocenters. The van der Waals surface area contributed by atoms with Crippen molar-refractivity contribution >= 4 is 17.3 Å². The zero-order valence-electron chi connectivity index (χ0n) is 7.52. The Morgan fingerprint density at radius 2 is 2.21 bits per heavy atom. The molecule has 0 aromatic heterocycles. The standard InChI is InChI=1S/C8H8N4O2/c1-14-5-3-2-4(8(10)13)6(9)7(5)12-11/h2-3H,1H3,(H3-,9,10,13)/p+1. The van der Waals surface area contributed by atoms with Gasteiger partial charge in [-0.3, -0.25) is 4.79 Å². The number of methoxy groups -OCH3 is 1. The van der Waals surface area contributed by atoms with E-state index in [1.807, 2.05) is 0 Å². The Bertz CT molecular complexity index is 422. The third-order valence-electron chi connectivity index (χ3n) is 1.77. The first kappa shape index (κ1) is 9.80. The topological polar surface area (TPSA) is 106 Å². The van der Waals surface area contributed by atoms with Crippen LogP contribution in [0, 0.1) is 5.39 Å². The number of nitrogen functional groups attached to an aromatic ring is 1. The maximum atomic E-state index is 10.9. The highest BCUT2D eigenvalue weighted by molar-refractivity contribution is 6.01. The van der Waals surface area contributed by atoms with E-state index in [2.05, 4.69) is 4.98 Å². The van der Waals surface area contributed by atoms with Gasteiger partial charge in [0.15, 0.2) is 4.98 Å². The summed E-state index contributed by atoms with van der Waals surface area (Å²) in [7, 11) is 1.40. The number of amides is 1. The number of carbonyl (C=O) groups excluding carboxylic acids is 1. The van der Waals surface area contributed by atoms with Crippen molar-refractivity contribution in [3.63, 3.8) is 0 Å². The van der Waals surface area contributed by atoms with Crippen molar-refractivity contribution in [1.29, 1.82) is 5.39 Å². The fraction of sp³-hybridized carbons (Fsp3) is 0.125. The zero-order chi connectivity index (χ0) is 10.7. The first-order chi connectivity index (χ1) is 6.61. The monoisotopic (exact) mass is 193 g/mol. The molecule has 6 heteroatoms. The molecule has 0 heterocycles. The molecular weight excluding hydrogens is 184 g/mol. The lowest BCUT2D eigenvalue weighted by Gasteiger charge is -2.01. The molecule has 0 aliphatic rings. The van der Waals surface area contributed by atoms with Gasteiger partial charge in [0.2, 0.25) is 11.1 Å². The van der Waals surface area contributed by atoms with Crippen molar-refractivity contribution in [2.24, 2.45) is 5.73 Å². The van der Waals surface area contributed by atoms with Crippen LogP contribution in [0.25, 0.3) is 4.98 Å². The first-order valence-electron chi connectivity index (χ1n) is 3.73. The summed E-state index contributed by atoms with van der Waals surface area (Å²) in [5.74, 6) is -0.412. The van der Waals surface area contributed by atoms with E-state index in [1.165, 1.54) is 19.2 Å². The van der Waals surface area contributed by atoms with Gasteiger partial charge in [-0.05, 0) is 12.1 Å². The van der Waals surface area contributed by atoms with Crippen molar-refractivity contribution in [1.82, 2.24) is 0 Å². The lowest BCUT2D eigenvalue weighted by Crippen LogP contribution is -2.13. The molecule has 72 valence electrons. The molecule has 1 aromatic carbocycles. The minimum absolute atomic E-state index is 0.000602. The molecule has 0 aliphatic carbocycles. The molecule has 4 N–H and O–H groups in total. The normalized spacial score (nSPS) is 9.14. The number of rotatable bonds is 2. The Morgan fingerprint density at radius 3 is 2.64 bits per heavy atom. The average Bonchev–Trinajstić information content (AvgIpc) is 2.16. The highest BCUT2D eigenvalue weighted by Gasteiger charge is 2.24. The van der Waals surface area contributed by atoms with E-state index in [1.54, 1.807) is 0 Å². The molecule has 1 rings (SSSR count). The second kappa shape index (κ2) is 3.62. The number of benzene rings is 1. The molecule has 6 nitrogen and oxygen atoms in total. The average molecular weight is 193 g/mol. The number of hydrogen-bond acceptors (Lipinski definition) is 4. The molecular formula is C8H9N4O2+. The Morgan fingerprint density at radius 1 is 1.57 bits per heavy atom. The highest BCUT2D eigenvalue weighted by atomic mass is 16.5. The van der Waals surface area contributed by atoms with Gasteiger partial charge in [0.05, 0.1) is 12.7 Å². The van der Waals surface area contributed by atoms with Gasteiger partial charge in [0, 0.05) is 0 Å². The maximum Gasteiger partial charge on any atom is 0.449 e. The summed E-state index contributed by atoms with van der Waals surface area (Å²) in [4.78, 5) is 13.8. The molecule has 0 fully saturated rings. The van der Waals surface area contributed by atoms with Gasteiger partial charge in [-0.15, -0.1) is 0 Å². The second-order valence-corrected chi connectivity index (χ2v) is 2.54. The van der Waals surface area contributed by atoms with E-state index in [0.29, 0.717) is 0 Å². The van der Waals surface area contributed by atoms with Crippen molar-refractivity contribution in [2.75, 3.05) is 12.8 Å². The van der Waals surface area contributed by atoms with Crippen LogP contribution in [0.2, 0.25) is 0 Å². The van der Waals surface area contributed by atoms with Gasteiger partial charge in [-0.25, -0.2) is 0 Å². The zero-order valence-corrected chi connectivity index (χ0v) is 7.52. The predicted octanol–water partition coefficient (Wildman–Crippen LogP) is 0.861. The van der Waals surface area contributed by atoms with Crippen LogP contribution in [0.15, 0.2) is 12.1 Å². The Kier molecular flexibility index (Phi) is 2.53. The Balaban J connectivity index is 3.44. The van der Waals surface area contributed by atoms with E-state index < -0.39 is 5.91 Å². The van der Waals surface area contributed by atoms with E-state index in [-0.39, 0.29) is 22.7 Å². The summed E-state index contributed by atoms with van der Waals surface area (Å²) in [5.41, 5.74) is 10.7. The van der Waals surface area contributed by atoms with E-state index >= 15 is 0 Å². The molecule has 0 spiro atoms. The molecule has 0 saturated heterocycles. The molecule has 0 bridgehead atoms.